The standard InChI is InChI=1S/C14H9NO2/c16-13-11-7-4-8-15-14(11)17-9-12(13)10-5-2-1-3-6-10/h1-9H. The summed E-state index contributed by atoms with van der Waals surface area (Å²) in [7, 11) is 0. The number of aromatic nitrogens is 1. The lowest BCUT2D eigenvalue weighted by atomic mass is 10.1. The Labute approximate surface area is 97.4 Å². The summed E-state index contributed by atoms with van der Waals surface area (Å²) in [6.45, 7) is 0. The highest BCUT2D eigenvalue weighted by Crippen LogP contribution is 2.17. The second kappa shape index (κ2) is 3.87. The number of benzene rings is 1. The van der Waals surface area contributed by atoms with Crippen LogP contribution in [0, 0.1) is 0 Å². The number of rotatable bonds is 1. The molecule has 0 aliphatic heterocycles. The van der Waals surface area contributed by atoms with E-state index >= 15 is 0 Å². The van der Waals surface area contributed by atoms with Gasteiger partial charge in [0.15, 0.2) is 0 Å². The van der Waals surface area contributed by atoms with E-state index in [0.29, 0.717) is 16.7 Å². The van der Waals surface area contributed by atoms with Crippen LogP contribution in [0.5, 0.6) is 0 Å². The molecule has 2 aromatic heterocycles. The second-order valence-electron chi connectivity index (χ2n) is 3.70. The Morgan fingerprint density at radius 2 is 1.82 bits per heavy atom. The summed E-state index contributed by atoms with van der Waals surface area (Å²) in [5, 5.41) is 0.508. The van der Waals surface area contributed by atoms with Gasteiger partial charge < -0.3 is 4.42 Å². The van der Waals surface area contributed by atoms with Crippen LogP contribution < -0.4 is 5.43 Å². The fourth-order valence-electron chi connectivity index (χ4n) is 1.79. The van der Waals surface area contributed by atoms with E-state index in [2.05, 4.69) is 4.98 Å². The van der Waals surface area contributed by atoms with Crippen molar-refractivity contribution >= 4 is 11.1 Å². The molecule has 0 atom stereocenters. The van der Waals surface area contributed by atoms with Crippen LogP contribution in [-0.4, -0.2) is 4.98 Å². The molecule has 0 fully saturated rings. The third-order valence-corrected chi connectivity index (χ3v) is 2.63. The fraction of sp³-hybridized carbons (Fsp3) is 0. The normalized spacial score (nSPS) is 10.6. The van der Waals surface area contributed by atoms with Gasteiger partial charge in [-0.3, -0.25) is 4.79 Å². The second-order valence-corrected chi connectivity index (χ2v) is 3.70. The first-order chi connectivity index (χ1) is 8.36. The van der Waals surface area contributed by atoms with Crippen molar-refractivity contribution < 1.29 is 4.42 Å². The number of pyridine rings is 1. The molecule has 2 heterocycles. The van der Waals surface area contributed by atoms with Gasteiger partial charge in [0, 0.05) is 6.20 Å². The van der Waals surface area contributed by atoms with Gasteiger partial charge in [0.1, 0.15) is 6.26 Å². The maximum atomic E-state index is 12.2. The molecule has 0 aliphatic carbocycles. The first-order valence-corrected chi connectivity index (χ1v) is 5.28. The molecule has 0 N–H and O–H groups in total. The van der Waals surface area contributed by atoms with Crippen molar-refractivity contribution in [1.29, 1.82) is 0 Å². The van der Waals surface area contributed by atoms with Crippen LogP contribution in [0.2, 0.25) is 0 Å². The minimum atomic E-state index is -0.0504. The lowest BCUT2D eigenvalue weighted by Crippen LogP contribution is -2.04. The van der Waals surface area contributed by atoms with E-state index in [1.54, 1.807) is 18.3 Å². The summed E-state index contributed by atoms with van der Waals surface area (Å²) < 4.78 is 5.37. The van der Waals surface area contributed by atoms with Gasteiger partial charge in [-0.15, -0.1) is 0 Å². The zero-order chi connectivity index (χ0) is 11.7. The smallest absolute Gasteiger partial charge is 0.229 e. The van der Waals surface area contributed by atoms with Gasteiger partial charge in [0.25, 0.3) is 0 Å². The van der Waals surface area contributed by atoms with Crippen molar-refractivity contribution in [2.24, 2.45) is 0 Å². The molecule has 0 saturated carbocycles. The van der Waals surface area contributed by atoms with Crippen LogP contribution in [0.1, 0.15) is 0 Å². The number of hydrogen-bond acceptors (Lipinski definition) is 3. The Morgan fingerprint density at radius 3 is 2.65 bits per heavy atom. The average molecular weight is 223 g/mol. The average Bonchev–Trinajstić information content (AvgIpc) is 2.40. The maximum absolute atomic E-state index is 12.2. The summed E-state index contributed by atoms with van der Waals surface area (Å²) in [6.07, 6.45) is 3.07. The molecule has 3 rings (SSSR count). The third kappa shape index (κ3) is 1.61. The van der Waals surface area contributed by atoms with Gasteiger partial charge >= 0.3 is 0 Å². The molecule has 3 nitrogen and oxygen atoms in total. The van der Waals surface area contributed by atoms with Crippen LogP contribution >= 0.6 is 0 Å². The third-order valence-electron chi connectivity index (χ3n) is 2.63. The van der Waals surface area contributed by atoms with Crippen molar-refractivity contribution in [3.8, 4) is 11.1 Å². The molecule has 0 aliphatic rings. The Kier molecular flexibility index (Phi) is 2.22. The Morgan fingerprint density at radius 1 is 1.00 bits per heavy atom. The number of nitrogens with zero attached hydrogens (tertiary/aromatic N) is 1. The van der Waals surface area contributed by atoms with Crippen molar-refractivity contribution in [2.45, 2.75) is 0 Å². The summed E-state index contributed by atoms with van der Waals surface area (Å²) in [4.78, 5) is 16.2. The Balaban J connectivity index is 2.33. The Hall–Kier alpha value is -2.42. The molecular weight excluding hydrogens is 214 g/mol. The highest BCUT2D eigenvalue weighted by atomic mass is 16.3. The molecule has 17 heavy (non-hydrogen) atoms. The van der Waals surface area contributed by atoms with E-state index in [0.717, 1.165) is 5.56 Å². The van der Waals surface area contributed by atoms with Gasteiger partial charge in [-0.05, 0) is 17.7 Å². The highest BCUT2D eigenvalue weighted by Gasteiger charge is 2.08. The molecule has 0 saturated heterocycles. The zero-order valence-corrected chi connectivity index (χ0v) is 8.96. The predicted molar refractivity (Wildman–Crippen MR) is 65.7 cm³/mol. The van der Waals surface area contributed by atoms with Crippen LogP contribution in [0.15, 0.2) is 64.1 Å². The fourth-order valence-corrected chi connectivity index (χ4v) is 1.79. The molecule has 3 aromatic rings. The summed E-state index contributed by atoms with van der Waals surface area (Å²) in [5.74, 6) is 0. The van der Waals surface area contributed by atoms with Crippen LogP contribution in [0.3, 0.4) is 0 Å². The van der Waals surface area contributed by atoms with Gasteiger partial charge in [0.05, 0.1) is 10.9 Å². The number of hydrogen-bond donors (Lipinski definition) is 0. The van der Waals surface area contributed by atoms with Crippen LogP contribution in [0.4, 0.5) is 0 Å². The van der Waals surface area contributed by atoms with Gasteiger partial charge in [0.2, 0.25) is 11.1 Å². The van der Waals surface area contributed by atoms with E-state index in [9.17, 15) is 4.79 Å². The molecular formula is C14H9NO2. The maximum Gasteiger partial charge on any atom is 0.229 e. The largest absolute Gasteiger partial charge is 0.445 e. The van der Waals surface area contributed by atoms with Gasteiger partial charge in [-0.25, -0.2) is 4.98 Å². The molecule has 3 heteroatoms. The minimum absolute atomic E-state index is 0.0504. The van der Waals surface area contributed by atoms with Crippen molar-refractivity contribution in [1.82, 2.24) is 4.98 Å². The van der Waals surface area contributed by atoms with Crippen molar-refractivity contribution in [3.63, 3.8) is 0 Å². The van der Waals surface area contributed by atoms with Crippen molar-refractivity contribution in [2.75, 3.05) is 0 Å². The topological polar surface area (TPSA) is 43.1 Å². The van der Waals surface area contributed by atoms with Gasteiger partial charge in [-0.2, -0.15) is 0 Å². The summed E-state index contributed by atoms with van der Waals surface area (Å²) in [5.41, 5.74) is 1.74. The van der Waals surface area contributed by atoms with E-state index in [4.69, 9.17) is 4.42 Å². The summed E-state index contributed by atoms with van der Waals surface area (Å²) >= 11 is 0. The monoisotopic (exact) mass is 223 g/mol. The summed E-state index contributed by atoms with van der Waals surface area (Å²) in [6, 6.07) is 12.9. The Bertz CT molecular complexity index is 717. The molecule has 1 aromatic carbocycles. The molecule has 0 spiro atoms. The molecule has 82 valence electrons. The van der Waals surface area contributed by atoms with E-state index in [1.807, 2.05) is 30.3 Å². The highest BCUT2D eigenvalue weighted by molar-refractivity contribution is 5.78. The van der Waals surface area contributed by atoms with Crippen LogP contribution in [-0.2, 0) is 0 Å². The zero-order valence-electron chi connectivity index (χ0n) is 8.96. The SMILES string of the molecule is O=c1c(-c2ccccc2)coc2ncccc12. The van der Waals surface area contributed by atoms with E-state index in [-0.39, 0.29) is 5.43 Å². The molecule has 0 bridgehead atoms. The van der Waals surface area contributed by atoms with E-state index < -0.39 is 0 Å². The molecule has 0 amide bonds. The quantitative estimate of drug-likeness (QED) is 0.637. The lowest BCUT2D eigenvalue weighted by molar-refractivity contribution is 0.591. The molecule has 0 radical (unpaired) electrons. The molecule has 0 unspecified atom stereocenters. The number of fused-ring (bicyclic) bond motifs is 1. The lowest BCUT2D eigenvalue weighted by Gasteiger charge is -2.01. The van der Waals surface area contributed by atoms with Crippen LogP contribution in [0.25, 0.3) is 22.2 Å². The van der Waals surface area contributed by atoms with Gasteiger partial charge in [-0.1, -0.05) is 30.3 Å². The minimum Gasteiger partial charge on any atom is -0.445 e. The first-order valence-electron chi connectivity index (χ1n) is 5.28. The van der Waals surface area contributed by atoms with E-state index in [1.165, 1.54) is 6.26 Å². The van der Waals surface area contributed by atoms with Crippen molar-refractivity contribution in [3.05, 3.63) is 65.1 Å². The predicted octanol–water partition coefficient (Wildman–Crippen LogP) is 2.86. The first kappa shape index (κ1) is 9.78.